The van der Waals surface area contributed by atoms with Gasteiger partial charge in [0, 0.05) is 19.6 Å². The van der Waals surface area contributed by atoms with E-state index in [0.29, 0.717) is 11.1 Å². The van der Waals surface area contributed by atoms with Crippen LogP contribution in [0.4, 0.5) is 0 Å². The zero-order valence-electron chi connectivity index (χ0n) is 15.5. The van der Waals surface area contributed by atoms with E-state index in [1.165, 1.54) is 77.2 Å². The van der Waals surface area contributed by atoms with Crippen molar-refractivity contribution >= 4 is 15.9 Å². The second-order valence-corrected chi connectivity index (χ2v) is 8.05. The summed E-state index contributed by atoms with van der Waals surface area (Å²) in [5.74, 6) is 0. The molecule has 0 aromatic rings. The SMILES string of the molecule is CCCCCCCCCCC1N(CCO)CC(Br)N1CCCC. The number of unbranched alkanes of at least 4 members (excludes halogenated alkanes) is 8. The van der Waals surface area contributed by atoms with Gasteiger partial charge in [-0.25, -0.2) is 0 Å². The Labute approximate surface area is 152 Å². The van der Waals surface area contributed by atoms with Crippen LogP contribution in [-0.4, -0.2) is 52.3 Å². The van der Waals surface area contributed by atoms with Crippen molar-refractivity contribution in [2.24, 2.45) is 0 Å². The number of aliphatic hydroxyl groups excluding tert-OH is 1. The summed E-state index contributed by atoms with van der Waals surface area (Å²) >= 11 is 3.85. The van der Waals surface area contributed by atoms with E-state index < -0.39 is 0 Å². The molecule has 2 unspecified atom stereocenters. The van der Waals surface area contributed by atoms with Crippen LogP contribution in [0.2, 0.25) is 0 Å². The Morgan fingerprint density at radius 1 is 0.870 bits per heavy atom. The van der Waals surface area contributed by atoms with E-state index in [1.54, 1.807) is 0 Å². The molecule has 138 valence electrons. The van der Waals surface area contributed by atoms with E-state index in [9.17, 15) is 5.11 Å². The van der Waals surface area contributed by atoms with E-state index in [-0.39, 0.29) is 6.61 Å². The summed E-state index contributed by atoms with van der Waals surface area (Å²) in [4.78, 5) is 5.54. The van der Waals surface area contributed by atoms with Crippen molar-refractivity contribution in [1.29, 1.82) is 0 Å². The summed E-state index contributed by atoms with van der Waals surface area (Å²) in [7, 11) is 0. The Morgan fingerprint density at radius 2 is 1.48 bits per heavy atom. The lowest BCUT2D eigenvalue weighted by Crippen LogP contribution is -2.41. The molecule has 2 atom stereocenters. The highest BCUT2D eigenvalue weighted by Gasteiger charge is 2.36. The molecule has 4 heteroatoms. The first kappa shape index (κ1) is 21.4. The van der Waals surface area contributed by atoms with Gasteiger partial charge < -0.3 is 5.11 Å². The lowest BCUT2D eigenvalue weighted by molar-refractivity contribution is 0.102. The number of halogens is 1. The molecule has 1 heterocycles. The number of nitrogens with zero attached hydrogens (tertiary/aromatic N) is 2. The third-order valence-corrected chi connectivity index (χ3v) is 5.84. The molecule has 0 aromatic heterocycles. The van der Waals surface area contributed by atoms with E-state index in [2.05, 4.69) is 39.6 Å². The zero-order chi connectivity index (χ0) is 16.9. The van der Waals surface area contributed by atoms with Gasteiger partial charge in [0.15, 0.2) is 0 Å². The van der Waals surface area contributed by atoms with Crippen LogP contribution in [0.3, 0.4) is 0 Å². The second-order valence-electron chi connectivity index (χ2n) is 6.99. The Hall–Kier alpha value is 0.360. The topological polar surface area (TPSA) is 26.7 Å². The average molecular weight is 391 g/mol. The van der Waals surface area contributed by atoms with Crippen molar-refractivity contribution in [3.63, 3.8) is 0 Å². The molecule has 0 aromatic carbocycles. The fraction of sp³-hybridized carbons (Fsp3) is 1.00. The summed E-state index contributed by atoms with van der Waals surface area (Å²) in [6.45, 7) is 7.85. The number of hydrogen-bond donors (Lipinski definition) is 1. The maximum Gasteiger partial charge on any atom is 0.0797 e. The molecule has 1 rings (SSSR count). The Balaban J connectivity index is 2.27. The smallest absolute Gasteiger partial charge is 0.0797 e. The fourth-order valence-corrected chi connectivity index (χ4v) is 4.47. The number of rotatable bonds is 14. The second kappa shape index (κ2) is 13.6. The summed E-state index contributed by atoms with van der Waals surface area (Å²) in [6.07, 6.45) is 15.4. The molecular weight excluding hydrogens is 352 g/mol. The molecule has 1 aliphatic heterocycles. The normalized spacial score (nSPS) is 23.0. The zero-order valence-corrected chi connectivity index (χ0v) is 17.1. The molecule has 0 bridgehead atoms. The molecule has 0 spiro atoms. The fourth-order valence-electron chi connectivity index (χ4n) is 3.62. The standard InChI is InChI=1S/C19H39BrN2O/c1-3-5-7-8-9-10-11-12-13-19-21(15-16-23)17-18(20)22(19)14-6-4-2/h18-19,23H,3-17H2,1-2H3. The van der Waals surface area contributed by atoms with Gasteiger partial charge in [0.2, 0.25) is 0 Å². The number of hydrogen-bond acceptors (Lipinski definition) is 3. The van der Waals surface area contributed by atoms with Crippen molar-refractivity contribution in [2.45, 2.75) is 95.6 Å². The molecular formula is C19H39BrN2O. The van der Waals surface area contributed by atoms with Gasteiger partial charge in [-0.05, 0) is 12.8 Å². The van der Waals surface area contributed by atoms with Crippen LogP contribution in [0.5, 0.6) is 0 Å². The van der Waals surface area contributed by atoms with Crippen molar-refractivity contribution in [3.8, 4) is 0 Å². The molecule has 0 aliphatic carbocycles. The van der Waals surface area contributed by atoms with Crippen molar-refractivity contribution in [2.75, 3.05) is 26.2 Å². The van der Waals surface area contributed by atoms with Crippen LogP contribution in [0.1, 0.15) is 84.5 Å². The van der Waals surface area contributed by atoms with Crippen LogP contribution in [-0.2, 0) is 0 Å². The van der Waals surface area contributed by atoms with Gasteiger partial charge in [-0.1, -0.05) is 87.6 Å². The molecule has 1 N–H and O–H groups in total. The maximum atomic E-state index is 9.33. The summed E-state index contributed by atoms with van der Waals surface area (Å²) in [6, 6.07) is 0. The van der Waals surface area contributed by atoms with Gasteiger partial charge in [0.1, 0.15) is 0 Å². The highest BCUT2D eigenvalue weighted by molar-refractivity contribution is 9.09. The first-order valence-corrected chi connectivity index (χ1v) is 10.9. The van der Waals surface area contributed by atoms with Crippen molar-refractivity contribution in [1.82, 2.24) is 9.80 Å². The van der Waals surface area contributed by atoms with Crippen molar-refractivity contribution < 1.29 is 5.11 Å². The maximum absolute atomic E-state index is 9.33. The Bertz CT molecular complexity index is 278. The van der Waals surface area contributed by atoms with E-state index in [1.807, 2.05) is 0 Å². The largest absolute Gasteiger partial charge is 0.395 e. The van der Waals surface area contributed by atoms with Crippen LogP contribution < -0.4 is 0 Å². The van der Waals surface area contributed by atoms with Crippen LogP contribution in [0.15, 0.2) is 0 Å². The third kappa shape index (κ3) is 8.33. The van der Waals surface area contributed by atoms with Crippen LogP contribution >= 0.6 is 15.9 Å². The molecule has 0 saturated carbocycles. The average Bonchev–Trinajstić information content (AvgIpc) is 2.83. The predicted molar refractivity (Wildman–Crippen MR) is 104 cm³/mol. The lowest BCUT2D eigenvalue weighted by atomic mass is 10.1. The monoisotopic (exact) mass is 390 g/mol. The van der Waals surface area contributed by atoms with Gasteiger partial charge in [0.25, 0.3) is 0 Å². The number of β-amino-alcohol motifs (C(OH)–C–C–N with tert-alkyl or cyclic N) is 1. The van der Waals surface area contributed by atoms with Gasteiger partial charge in [-0.2, -0.15) is 0 Å². The molecule has 1 aliphatic rings. The molecule has 0 amide bonds. The van der Waals surface area contributed by atoms with Gasteiger partial charge in [0.05, 0.1) is 17.7 Å². The lowest BCUT2D eigenvalue weighted by Gasteiger charge is -2.30. The molecule has 0 radical (unpaired) electrons. The molecule has 23 heavy (non-hydrogen) atoms. The minimum atomic E-state index is 0.273. The number of alkyl halides is 1. The van der Waals surface area contributed by atoms with E-state index >= 15 is 0 Å². The minimum absolute atomic E-state index is 0.273. The molecule has 1 fully saturated rings. The minimum Gasteiger partial charge on any atom is -0.395 e. The Morgan fingerprint density at radius 3 is 2.09 bits per heavy atom. The molecule has 3 nitrogen and oxygen atoms in total. The first-order valence-electron chi connectivity index (χ1n) is 9.99. The van der Waals surface area contributed by atoms with Gasteiger partial charge in [-0.3, -0.25) is 9.80 Å². The first-order chi connectivity index (χ1) is 11.2. The number of aliphatic hydroxyl groups is 1. The van der Waals surface area contributed by atoms with Crippen molar-refractivity contribution in [3.05, 3.63) is 0 Å². The summed E-state index contributed by atoms with van der Waals surface area (Å²) < 4.78 is 0. The van der Waals surface area contributed by atoms with Crippen LogP contribution in [0.25, 0.3) is 0 Å². The summed E-state index contributed by atoms with van der Waals surface area (Å²) in [5, 5.41) is 9.33. The summed E-state index contributed by atoms with van der Waals surface area (Å²) in [5.41, 5.74) is 0. The predicted octanol–water partition coefficient (Wildman–Crippen LogP) is 4.97. The quantitative estimate of drug-likeness (QED) is 0.257. The van der Waals surface area contributed by atoms with E-state index in [4.69, 9.17) is 0 Å². The highest BCUT2D eigenvalue weighted by Crippen LogP contribution is 2.28. The highest BCUT2D eigenvalue weighted by atomic mass is 79.9. The third-order valence-electron chi connectivity index (χ3n) is 5.02. The van der Waals surface area contributed by atoms with Crippen LogP contribution in [0, 0.1) is 0 Å². The van der Waals surface area contributed by atoms with E-state index in [0.717, 1.165) is 13.1 Å². The molecule has 1 saturated heterocycles. The van der Waals surface area contributed by atoms with Gasteiger partial charge in [-0.15, -0.1) is 0 Å². The van der Waals surface area contributed by atoms with Gasteiger partial charge >= 0.3 is 0 Å². The Kier molecular flexibility index (Phi) is 12.7.